The number of phenols is 3. The van der Waals surface area contributed by atoms with E-state index in [1.807, 2.05) is 7.05 Å². The molecule has 0 saturated carbocycles. The number of ether oxygens (including phenoxy) is 4. The lowest BCUT2D eigenvalue weighted by Crippen LogP contribution is -2.46. The molecule has 0 aromatic heterocycles. The van der Waals surface area contributed by atoms with Crippen LogP contribution in [0.2, 0.25) is 0 Å². The van der Waals surface area contributed by atoms with E-state index in [9.17, 15) is 39.9 Å². The minimum atomic E-state index is -2.04. The number of carbonyl (C=O) groups is 3. The molecule has 5 bridgehead atoms. The summed E-state index contributed by atoms with van der Waals surface area (Å²) in [5, 5.41) is 66.8. The minimum absolute atomic E-state index is 0.0559. The highest BCUT2D eigenvalue weighted by atomic mass is 16.7. The molecule has 4 heterocycles. The van der Waals surface area contributed by atoms with E-state index in [0.717, 1.165) is 13.1 Å². The number of likely N-dealkylation sites (N-methyl/N-ethyl adjacent to an activating group) is 1. The molecule has 6 N–H and O–H groups in total. The number of ketones is 1. The van der Waals surface area contributed by atoms with Gasteiger partial charge in [0, 0.05) is 87.3 Å². The first kappa shape index (κ1) is 44.9. The van der Waals surface area contributed by atoms with Crippen molar-refractivity contribution in [3.05, 3.63) is 52.8 Å². The molecule has 1 amide bonds. The monoisotopic (exact) mass is 822 g/mol. The summed E-state index contributed by atoms with van der Waals surface area (Å²) >= 11 is 0. The molecule has 1 saturated heterocycles. The number of aliphatic hydroxyl groups excluding tert-OH is 2. The first-order valence-corrected chi connectivity index (χ1v) is 19.8. The van der Waals surface area contributed by atoms with E-state index in [1.54, 1.807) is 44.9 Å². The summed E-state index contributed by atoms with van der Waals surface area (Å²) in [4.78, 5) is 42.6. The van der Waals surface area contributed by atoms with Gasteiger partial charge in [-0.15, -0.1) is 0 Å². The third-order valence-electron chi connectivity index (χ3n) is 11.9. The van der Waals surface area contributed by atoms with Gasteiger partial charge in [0.15, 0.2) is 5.75 Å². The molecule has 16 nitrogen and oxygen atoms in total. The number of fused-ring (bicyclic) bond motifs is 14. The van der Waals surface area contributed by atoms with E-state index in [2.05, 4.69) is 15.3 Å². The van der Waals surface area contributed by atoms with Crippen LogP contribution in [-0.4, -0.2) is 130 Å². The Bertz CT molecular complexity index is 2070. The number of piperazine rings is 1. The topological polar surface area (TPSA) is 220 Å². The maximum absolute atomic E-state index is 14.4. The molecule has 2 aromatic rings. The molecule has 59 heavy (non-hydrogen) atoms. The smallest absolute Gasteiger partial charge is 0.312 e. The van der Waals surface area contributed by atoms with Crippen LogP contribution in [0.3, 0.4) is 0 Å². The van der Waals surface area contributed by atoms with Crippen LogP contribution in [0, 0.1) is 30.6 Å². The Hall–Kier alpha value is -5.16. The fourth-order valence-electron chi connectivity index (χ4n) is 7.92. The fourth-order valence-corrected chi connectivity index (χ4v) is 7.92. The van der Waals surface area contributed by atoms with Crippen molar-refractivity contribution >= 4 is 40.3 Å². The Labute approximate surface area is 344 Å². The van der Waals surface area contributed by atoms with Crippen molar-refractivity contribution in [3.63, 3.8) is 0 Å². The normalized spacial score (nSPS) is 32.1. The van der Waals surface area contributed by atoms with Gasteiger partial charge in [0.05, 0.1) is 53.0 Å². The lowest BCUT2D eigenvalue weighted by Gasteiger charge is -2.38. The predicted molar refractivity (Wildman–Crippen MR) is 220 cm³/mol. The molecule has 322 valence electrons. The number of hydrogen-bond donors (Lipinski definition) is 6. The number of Topliss-reactive ketones (excluding diaryl/α,β-unsaturated/α-hetero) is 1. The van der Waals surface area contributed by atoms with Gasteiger partial charge >= 0.3 is 11.8 Å². The molecule has 9 atom stereocenters. The zero-order valence-corrected chi connectivity index (χ0v) is 35.3. The van der Waals surface area contributed by atoms with Gasteiger partial charge in [-0.05, 0) is 27.0 Å². The van der Waals surface area contributed by atoms with Crippen molar-refractivity contribution in [2.24, 2.45) is 28.8 Å². The van der Waals surface area contributed by atoms with Gasteiger partial charge in [-0.2, -0.15) is 5.10 Å². The number of anilines is 1. The van der Waals surface area contributed by atoms with Crippen LogP contribution in [0.4, 0.5) is 5.69 Å². The number of aliphatic hydroxyl groups is 2. The van der Waals surface area contributed by atoms with Crippen LogP contribution in [0.25, 0.3) is 10.8 Å². The van der Waals surface area contributed by atoms with Crippen molar-refractivity contribution in [1.29, 1.82) is 0 Å². The van der Waals surface area contributed by atoms with Gasteiger partial charge in [0.25, 0.3) is 11.7 Å². The van der Waals surface area contributed by atoms with E-state index in [-0.39, 0.29) is 44.5 Å². The average Bonchev–Trinajstić information content (AvgIpc) is 3.46. The number of phenolic OH excluding ortho intramolecular Hbond substituents is 3. The molecule has 0 aliphatic carbocycles. The van der Waals surface area contributed by atoms with Gasteiger partial charge < -0.3 is 54.7 Å². The van der Waals surface area contributed by atoms with Gasteiger partial charge in [-0.1, -0.05) is 45.9 Å². The zero-order valence-electron chi connectivity index (χ0n) is 35.3. The lowest BCUT2D eigenvalue weighted by molar-refractivity contribution is -0.160. The first-order valence-electron chi connectivity index (χ1n) is 19.8. The van der Waals surface area contributed by atoms with E-state index < -0.39 is 88.8 Å². The average molecular weight is 823 g/mol. The molecule has 16 heteroatoms. The molecule has 6 rings (SSSR count). The highest BCUT2D eigenvalue weighted by Gasteiger charge is 2.50. The van der Waals surface area contributed by atoms with Crippen LogP contribution >= 0.6 is 0 Å². The molecule has 1 fully saturated rings. The Morgan fingerprint density at radius 2 is 1.61 bits per heavy atom. The summed E-state index contributed by atoms with van der Waals surface area (Å²) in [5.41, 5.74) is -0.350. The molecular formula is C43H58N4O12. The van der Waals surface area contributed by atoms with Gasteiger partial charge in [0.1, 0.15) is 23.4 Å². The van der Waals surface area contributed by atoms with Crippen LogP contribution in [0.5, 0.6) is 23.0 Å². The van der Waals surface area contributed by atoms with Gasteiger partial charge in [-0.25, -0.2) is 0 Å². The third-order valence-corrected chi connectivity index (χ3v) is 11.9. The highest BCUT2D eigenvalue weighted by molar-refractivity contribution is 6.23. The number of aromatic hydroxyl groups is 3. The number of hydrogen-bond acceptors (Lipinski definition) is 15. The van der Waals surface area contributed by atoms with Crippen LogP contribution in [-0.2, 0) is 23.8 Å². The quantitative estimate of drug-likeness (QED) is 0.109. The summed E-state index contributed by atoms with van der Waals surface area (Å²) in [6.45, 7) is 15.1. The van der Waals surface area contributed by atoms with Crippen molar-refractivity contribution in [2.45, 2.75) is 85.6 Å². The standard InChI is InChI=1S/C43H58N4O12/c1-21-12-11-13-22(2)42(55)45-33-28(20-44-47-17-15-46(9)16-18-47)37(52)30-31(38(33)53)36(51)26(6)40-32(30)41(54)43(8,59-40)57-19-14-29(56-10)23(3)39(58-27(7)48)25(5)35(50)24(4)34(21)49/h11-14,19-21,23-25,29,34-35,39,49-53H,15-18H2,1-10H3,(H,45,55)/b12-11+,19-14+,22-13-,44-20+/t21?,23-,24-,25-,29+,34+,35-,39+,43+/m1/s1. The van der Waals surface area contributed by atoms with E-state index >= 15 is 0 Å². The maximum Gasteiger partial charge on any atom is 0.312 e. The molecule has 1 unspecified atom stereocenters. The number of benzene rings is 2. The second-order valence-corrected chi connectivity index (χ2v) is 16.1. The Morgan fingerprint density at radius 3 is 2.24 bits per heavy atom. The third kappa shape index (κ3) is 8.91. The molecule has 0 radical (unpaired) electrons. The number of hydrazone groups is 1. The molecule has 4 aliphatic rings. The Morgan fingerprint density at radius 1 is 0.949 bits per heavy atom. The van der Waals surface area contributed by atoms with E-state index in [4.69, 9.17) is 18.9 Å². The number of nitrogens with one attached hydrogen (secondary N) is 1. The molecule has 0 spiro atoms. The fraction of sp³-hybridized carbons (Fsp3) is 0.535. The van der Waals surface area contributed by atoms with Crippen LogP contribution in [0.15, 0.2) is 41.2 Å². The van der Waals surface area contributed by atoms with Crippen molar-refractivity contribution in [3.8, 4) is 23.0 Å². The second-order valence-electron chi connectivity index (χ2n) is 16.1. The summed E-state index contributed by atoms with van der Waals surface area (Å²) in [6, 6.07) is 0. The predicted octanol–water partition coefficient (Wildman–Crippen LogP) is 4.34. The van der Waals surface area contributed by atoms with E-state index in [0.29, 0.717) is 13.1 Å². The maximum atomic E-state index is 14.4. The number of allylic oxidation sites excluding steroid dienone is 2. The molecule has 2 aromatic carbocycles. The number of methoxy groups -OCH3 is 1. The van der Waals surface area contributed by atoms with Crippen LogP contribution in [0.1, 0.15) is 70.0 Å². The number of carbonyl (C=O) groups excluding carboxylic acids is 3. The van der Waals surface area contributed by atoms with Gasteiger partial charge in [-0.3, -0.25) is 19.4 Å². The minimum Gasteiger partial charge on any atom is -0.507 e. The Balaban J connectivity index is 1.70. The molecular weight excluding hydrogens is 764 g/mol. The number of esters is 1. The van der Waals surface area contributed by atoms with Crippen molar-refractivity contribution < 1.29 is 58.9 Å². The second kappa shape index (κ2) is 18.0. The number of amides is 1. The van der Waals surface area contributed by atoms with Crippen LogP contribution < -0.4 is 10.1 Å². The zero-order chi connectivity index (χ0) is 43.7. The summed E-state index contributed by atoms with van der Waals surface area (Å²) in [7, 11) is 3.42. The lowest BCUT2D eigenvalue weighted by atomic mass is 9.78. The summed E-state index contributed by atoms with van der Waals surface area (Å²) in [5.74, 6) is -8.34. The number of rotatable bonds is 4. The van der Waals surface area contributed by atoms with Gasteiger partial charge in [0.2, 0.25) is 0 Å². The largest absolute Gasteiger partial charge is 0.507 e. The number of nitrogens with zero attached hydrogens (tertiary/aromatic N) is 3. The molecule has 4 aliphatic heterocycles. The SMILES string of the molecule is CO[C@H]1/C=C/O[C@@]2(C)Oc3c(C)c(O)c4c(O)c(c(/C=N/N5CCN(C)CC5)c(O)c4c3C2=O)NC(=O)/C(C)=C\C=C\C(C)[C@H](O)[C@@H](C)[C@@H](O)[C@@H](C)[C@@H](OC(C)=O)[C@@H]1C. The highest BCUT2D eigenvalue weighted by Crippen LogP contribution is 2.55. The summed E-state index contributed by atoms with van der Waals surface area (Å²) in [6.07, 6.45) is 4.86. The Kier molecular flexibility index (Phi) is 13.7. The van der Waals surface area contributed by atoms with Crippen molar-refractivity contribution in [2.75, 3.05) is 45.7 Å². The summed E-state index contributed by atoms with van der Waals surface area (Å²) < 4.78 is 23.6. The van der Waals surface area contributed by atoms with Crippen molar-refractivity contribution in [1.82, 2.24) is 9.91 Å². The first-order chi connectivity index (χ1) is 27.7. The van der Waals surface area contributed by atoms with E-state index in [1.165, 1.54) is 59.4 Å².